The van der Waals surface area contributed by atoms with Crippen molar-refractivity contribution in [2.24, 2.45) is 5.84 Å². The van der Waals surface area contributed by atoms with E-state index in [2.05, 4.69) is 10.2 Å². The lowest BCUT2D eigenvalue weighted by Crippen LogP contribution is -2.30. The molecule has 1 aromatic heterocycles. The number of aromatic nitrogens is 2. The highest BCUT2D eigenvalue weighted by molar-refractivity contribution is 6.03. The van der Waals surface area contributed by atoms with Crippen molar-refractivity contribution in [1.29, 1.82) is 0 Å². The van der Waals surface area contributed by atoms with Gasteiger partial charge in [0.15, 0.2) is 5.82 Å². The Hall–Kier alpha value is -2.41. The molecule has 0 saturated heterocycles. The summed E-state index contributed by atoms with van der Waals surface area (Å²) in [6, 6.07) is 5.57. The zero-order valence-electron chi connectivity index (χ0n) is 8.70. The lowest BCUT2D eigenvalue weighted by Gasteiger charge is -2.02. The molecule has 0 atom stereocenters. The number of carbonyl (C=O) groups is 1. The molecule has 6 N–H and O–H groups in total. The summed E-state index contributed by atoms with van der Waals surface area (Å²) >= 11 is 0. The van der Waals surface area contributed by atoms with E-state index in [0.29, 0.717) is 11.3 Å². The number of nitrogens with one attached hydrogen (secondary N) is 2. The molecule has 0 aliphatic rings. The summed E-state index contributed by atoms with van der Waals surface area (Å²) in [5, 5.41) is 6.34. The standard InChI is InChI=1S/C10H10FN5O/c11-6-3-1-5(2-4-6)8-7(10(17)14-13)9(12)16-15-8/h1-4H,13H2,(H,14,17)(H3,12,15,16). The summed E-state index contributed by atoms with van der Waals surface area (Å²) in [6.45, 7) is 0. The quantitative estimate of drug-likeness (QED) is 0.343. The highest BCUT2D eigenvalue weighted by Crippen LogP contribution is 2.25. The number of nitrogen functional groups attached to an aromatic ring is 2. The average molecular weight is 235 g/mol. The maximum Gasteiger partial charge on any atom is 0.271 e. The number of amides is 1. The summed E-state index contributed by atoms with van der Waals surface area (Å²) in [4.78, 5) is 11.5. The van der Waals surface area contributed by atoms with Crippen molar-refractivity contribution in [3.05, 3.63) is 35.6 Å². The molecule has 2 rings (SSSR count). The SMILES string of the molecule is NNC(=O)c1c(N)n[nH]c1-c1ccc(F)cc1. The fraction of sp³-hybridized carbons (Fsp3) is 0. The van der Waals surface area contributed by atoms with Crippen molar-refractivity contribution in [3.63, 3.8) is 0 Å². The van der Waals surface area contributed by atoms with E-state index in [1.165, 1.54) is 24.3 Å². The zero-order chi connectivity index (χ0) is 12.4. The third kappa shape index (κ3) is 1.95. The summed E-state index contributed by atoms with van der Waals surface area (Å²) in [5.41, 5.74) is 8.65. The number of hydrazine groups is 1. The van der Waals surface area contributed by atoms with Gasteiger partial charge in [-0.05, 0) is 24.3 Å². The van der Waals surface area contributed by atoms with Crippen LogP contribution in [-0.2, 0) is 0 Å². The molecule has 0 bridgehead atoms. The number of anilines is 1. The summed E-state index contributed by atoms with van der Waals surface area (Å²) in [5.74, 6) is 4.15. The van der Waals surface area contributed by atoms with Crippen molar-refractivity contribution >= 4 is 11.7 Å². The minimum Gasteiger partial charge on any atom is -0.382 e. The minimum atomic E-state index is -0.560. The van der Waals surface area contributed by atoms with Gasteiger partial charge in [0.1, 0.15) is 11.4 Å². The first kappa shape index (κ1) is 11.1. The molecular weight excluding hydrogens is 225 g/mol. The molecule has 0 spiro atoms. The lowest BCUT2D eigenvalue weighted by molar-refractivity contribution is 0.0955. The van der Waals surface area contributed by atoms with Crippen LogP contribution in [0.2, 0.25) is 0 Å². The van der Waals surface area contributed by atoms with Gasteiger partial charge in [-0.25, -0.2) is 10.2 Å². The number of H-pyrrole nitrogens is 1. The van der Waals surface area contributed by atoms with Gasteiger partial charge in [0.05, 0.1) is 5.69 Å². The molecule has 0 fully saturated rings. The number of halogens is 1. The van der Waals surface area contributed by atoms with Crippen molar-refractivity contribution < 1.29 is 9.18 Å². The fourth-order valence-corrected chi connectivity index (χ4v) is 1.48. The lowest BCUT2D eigenvalue weighted by atomic mass is 10.1. The van der Waals surface area contributed by atoms with Gasteiger partial charge in [0, 0.05) is 5.56 Å². The summed E-state index contributed by atoms with van der Waals surface area (Å²) in [7, 11) is 0. The molecule has 6 nitrogen and oxygen atoms in total. The number of hydrogen-bond donors (Lipinski definition) is 4. The number of carbonyl (C=O) groups excluding carboxylic acids is 1. The largest absolute Gasteiger partial charge is 0.382 e. The van der Waals surface area contributed by atoms with E-state index in [0.717, 1.165) is 0 Å². The van der Waals surface area contributed by atoms with E-state index in [1.807, 2.05) is 5.43 Å². The zero-order valence-corrected chi connectivity index (χ0v) is 8.70. The Labute approximate surface area is 95.8 Å². The molecule has 7 heteroatoms. The number of nitrogens with two attached hydrogens (primary N) is 2. The molecule has 1 aromatic carbocycles. The topological polar surface area (TPSA) is 110 Å². The van der Waals surface area contributed by atoms with Crippen LogP contribution in [0.1, 0.15) is 10.4 Å². The van der Waals surface area contributed by atoms with Gasteiger partial charge in [-0.3, -0.25) is 15.3 Å². The molecule has 88 valence electrons. The Morgan fingerprint density at radius 2 is 2.00 bits per heavy atom. The Kier molecular flexibility index (Phi) is 2.75. The van der Waals surface area contributed by atoms with Gasteiger partial charge in [-0.1, -0.05) is 0 Å². The highest BCUT2D eigenvalue weighted by atomic mass is 19.1. The van der Waals surface area contributed by atoms with Gasteiger partial charge in [-0.15, -0.1) is 0 Å². The normalized spacial score (nSPS) is 10.2. The summed E-state index contributed by atoms with van der Waals surface area (Å²) in [6.07, 6.45) is 0. The van der Waals surface area contributed by atoms with Crippen LogP contribution in [0.15, 0.2) is 24.3 Å². The third-order valence-corrected chi connectivity index (χ3v) is 2.29. The van der Waals surface area contributed by atoms with Crippen LogP contribution in [-0.4, -0.2) is 16.1 Å². The molecule has 0 aliphatic carbocycles. The monoisotopic (exact) mass is 235 g/mol. The van der Waals surface area contributed by atoms with Crippen molar-refractivity contribution in [3.8, 4) is 11.3 Å². The number of benzene rings is 1. The molecule has 2 aromatic rings. The molecule has 1 amide bonds. The Morgan fingerprint density at radius 3 is 2.59 bits per heavy atom. The van der Waals surface area contributed by atoms with Crippen LogP contribution in [0, 0.1) is 5.82 Å². The molecule has 0 saturated carbocycles. The number of hydrogen-bond acceptors (Lipinski definition) is 4. The average Bonchev–Trinajstić information content (AvgIpc) is 2.71. The number of nitrogens with zero attached hydrogens (tertiary/aromatic N) is 1. The molecule has 0 radical (unpaired) electrons. The predicted octanol–water partition coefficient (Wildman–Crippen LogP) is 0.401. The molecule has 17 heavy (non-hydrogen) atoms. The first-order chi connectivity index (χ1) is 8.13. The number of rotatable bonds is 2. The van der Waals surface area contributed by atoms with Gasteiger partial charge in [-0.2, -0.15) is 5.10 Å². The van der Waals surface area contributed by atoms with Crippen molar-refractivity contribution in [2.45, 2.75) is 0 Å². The van der Waals surface area contributed by atoms with Crippen LogP contribution in [0.3, 0.4) is 0 Å². The van der Waals surface area contributed by atoms with Gasteiger partial charge < -0.3 is 5.73 Å². The first-order valence-corrected chi connectivity index (χ1v) is 4.74. The summed E-state index contributed by atoms with van der Waals surface area (Å²) < 4.78 is 12.8. The second-order valence-corrected chi connectivity index (χ2v) is 3.34. The van der Waals surface area contributed by atoms with Gasteiger partial charge in [0.25, 0.3) is 5.91 Å². The van der Waals surface area contributed by atoms with E-state index in [4.69, 9.17) is 11.6 Å². The van der Waals surface area contributed by atoms with E-state index in [1.54, 1.807) is 0 Å². The predicted molar refractivity (Wildman–Crippen MR) is 60.0 cm³/mol. The van der Waals surface area contributed by atoms with E-state index in [-0.39, 0.29) is 17.2 Å². The van der Waals surface area contributed by atoms with E-state index < -0.39 is 5.91 Å². The van der Waals surface area contributed by atoms with Crippen molar-refractivity contribution in [1.82, 2.24) is 15.6 Å². The number of aromatic amines is 1. The molecule has 0 aliphatic heterocycles. The van der Waals surface area contributed by atoms with Crippen LogP contribution >= 0.6 is 0 Å². The van der Waals surface area contributed by atoms with E-state index >= 15 is 0 Å². The second-order valence-electron chi connectivity index (χ2n) is 3.34. The molecule has 0 unspecified atom stereocenters. The van der Waals surface area contributed by atoms with Crippen molar-refractivity contribution in [2.75, 3.05) is 5.73 Å². The van der Waals surface area contributed by atoms with Gasteiger partial charge >= 0.3 is 0 Å². The maximum atomic E-state index is 12.8. The Morgan fingerprint density at radius 1 is 1.35 bits per heavy atom. The van der Waals surface area contributed by atoms with Gasteiger partial charge in [0.2, 0.25) is 0 Å². The van der Waals surface area contributed by atoms with Crippen LogP contribution in [0.4, 0.5) is 10.2 Å². The van der Waals surface area contributed by atoms with Crippen LogP contribution < -0.4 is 17.0 Å². The minimum absolute atomic E-state index is 0.0345. The fourth-order valence-electron chi connectivity index (χ4n) is 1.48. The van der Waals surface area contributed by atoms with Crippen LogP contribution in [0.25, 0.3) is 11.3 Å². The highest BCUT2D eigenvalue weighted by Gasteiger charge is 2.18. The van der Waals surface area contributed by atoms with Crippen LogP contribution in [0.5, 0.6) is 0 Å². The third-order valence-electron chi connectivity index (χ3n) is 2.29. The molecular formula is C10H10FN5O. The second kappa shape index (κ2) is 4.22. The maximum absolute atomic E-state index is 12.8. The first-order valence-electron chi connectivity index (χ1n) is 4.74. The molecule has 1 heterocycles. The smallest absolute Gasteiger partial charge is 0.271 e. The Bertz CT molecular complexity index is 548. The Balaban J connectivity index is 2.52. The van der Waals surface area contributed by atoms with E-state index in [9.17, 15) is 9.18 Å².